The van der Waals surface area contributed by atoms with E-state index in [1.807, 2.05) is 0 Å². The van der Waals surface area contributed by atoms with Crippen molar-refractivity contribution in [2.24, 2.45) is 5.41 Å². The molecule has 0 aromatic heterocycles. The summed E-state index contributed by atoms with van der Waals surface area (Å²) in [5.41, 5.74) is 1.65. The molecule has 1 aliphatic heterocycles. The van der Waals surface area contributed by atoms with Crippen molar-refractivity contribution >= 4 is 0 Å². The monoisotopic (exact) mass is 290 g/mol. The molecule has 1 heterocycles. The van der Waals surface area contributed by atoms with Crippen LogP contribution in [0.3, 0.4) is 0 Å². The number of nitrogens with zero attached hydrogens (tertiary/aromatic N) is 1. The highest BCUT2D eigenvalue weighted by molar-refractivity contribution is 5.33. The summed E-state index contributed by atoms with van der Waals surface area (Å²) in [6.45, 7) is 13.0. The summed E-state index contributed by atoms with van der Waals surface area (Å²) in [7, 11) is 0. The van der Waals surface area contributed by atoms with Crippen molar-refractivity contribution in [2.75, 3.05) is 32.8 Å². The first kappa shape index (κ1) is 16.3. The van der Waals surface area contributed by atoms with Crippen LogP contribution < -0.4 is 10.1 Å². The average Bonchev–Trinajstić information content (AvgIpc) is 2.67. The maximum absolute atomic E-state index is 5.88. The molecule has 1 aromatic carbocycles. The van der Waals surface area contributed by atoms with E-state index in [1.54, 1.807) is 0 Å². The van der Waals surface area contributed by atoms with Gasteiger partial charge in [0.1, 0.15) is 12.4 Å². The second-order valence-electron chi connectivity index (χ2n) is 6.51. The van der Waals surface area contributed by atoms with Crippen LogP contribution in [0.1, 0.15) is 39.2 Å². The summed E-state index contributed by atoms with van der Waals surface area (Å²) in [5.74, 6) is 1.06. The normalized spacial score (nSPS) is 18.4. The molecule has 1 N–H and O–H groups in total. The summed E-state index contributed by atoms with van der Waals surface area (Å²) in [6.07, 6.45) is 2.50. The van der Waals surface area contributed by atoms with Crippen LogP contribution in [0.5, 0.6) is 5.75 Å². The van der Waals surface area contributed by atoms with Crippen LogP contribution in [-0.2, 0) is 6.54 Å². The number of ether oxygens (including phenoxy) is 1. The van der Waals surface area contributed by atoms with Crippen LogP contribution in [0.15, 0.2) is 24.3 Å². The predicted molar refractivity (Wildman–Crippen MR) is 88.8 cm³/mol. The molecule has 3 heteroatoms. The summed E-state index contributed by atoms with van der Waals surface area (Å²) in [4.78, 5) is 2.55. The molecule has 0 fully saturated rings. The molecule has 1 atom stereocenters. The van der Waals surface area contributed by atoms with Gasteiger partial charge in [-0.2, -0.15) is 0 Å². The van der Waals surface area contributed by atoms with Gasteiger partial charge in [-0.05, 0) is 24.4 Å². The van der Waals surface area contributed by atoms with Crippen LogP contribution in [0.2, 0.25) is 0 Å². The summed E-state index contributed by atoms with van der Waals surface area (Å²) < 4.78 is 5.88. The van der Waals surface area contributed by atoms with Gasteiger partial charge in [-0.1, -0.05) is 45.4 Å². The van der Waals surface area contributed by atoms with Crippen molar-refractivity contribution in [3.05, 3.63) is 29.8 Å². The van der Waals surface area contributed by atoms with Crippen LogP contribution >= 0.6 is 0 Å². The Morgan fingerprint density at radius 2 is 2.10 bits per heavy atom. The number of hydrogen-bond donors (Lipinski definition) is 1. The van der Waals surface area contributed by atoms with E-state index < -0.39 is 0 Å². The van der Waals surface area contributed by atoms with E-state index in [0.717, 1.165) is 45.1 Å². The Kier molecular flexibility index (Phi) is 6.07. The SMILES string of the molecule is CCCC(C)(CNCC)CN1CCOc2ccccc2C1. The van der Waals surface area contributed by atoms with E-state index >= 15 is 0 Å². The van der Waals surface area contributed by atoms with Gasteiger partial charge >= 0.3 is 0 Å². The zero-order chi connectivity index (χ0) is 15.1. The largest absolute Gasteiger partial charge is 0.492 e. The minimum atomic E-state index is 0.337. The molecule has 0 spiro atoms. The van der Waals surface area contributed by atoms with Crippen LogP contribution in [-0.4, -0.2) is 37.7 Å². The van der Waals surface area contributed by atoms with Gasteiger partial charge in [-0.25, -0.2) is 0 Å². The fourth-order valence-electron chi connectivity index (χ4n) is 3.31. The highest BCUT2D eigenvalue weighted by Gasteiger charge is 2.27. The van der Waals surface area contributed by atoms with Gasteiger partial charge in [0.2, 0.25) is 0 Å². The fraction of sp³-hybridized carbons (Fsp3) is 0.667. The molecule has 21 heavy (non-hydrogen) atoms. The van der Waals surface area contributed by atoms with Crippen molar-refractivity contribution in [2.45, 2.75) is 40.2 Å². The molecule has 1 aromatic rings. The topological polar surface area (TPSA) is 24.5 Å². The van der Waals surface area contributed by atoms with Gasteiger partial charge < -0.3 is 10.1 Å². The van der Waals surface area contributed by atoms with Gasteiger partial charge in [0.25, 0.3) is 0 Å². The first-order valence-corrected chi connectivity index (χ1v) is 8.30. The molecule has 3 nitrogen and oxygen atoms in total. The molecule has 0 saturated heterocycles. The first-order chi connectivity index (χ1) is 10.2. The van der Waals surface area contributed by atoms with E-state index in [-0.39, 0.29) is 0 Å². The minimum Gasteiger partial charge on any atom is -0.492 e. The lowest BCUT2D eigenvalue weighted by Gasteiger charge is -2.35. The van der Waals surface area contributed by atoms with Gasteiger partial charge in [0.15, 0.2) is 0 Å². The van der Waals surface area contributed by atoms with Crippen LogP contribution in [0.4, 0.5) is 0 Å². The molecule has 0 saturated carbocycles. The lowest BCUT2D eigenvalue weighted by molar-refractivity contribution is 0.135. The van der Waals surface area contributed by atoms with Gasteiger partial charge in [-0.3, -0.25) is 4.90 Å². The molecule has 0 bridgehead atoms. The molecule has 0 aliphatic carbocycles. The van der Waals surface area contributed by atoms with Crippen molar-refractivity contribution in [3.8, 4) is 5.75 Å². The van der Waals surface area contributed by atoms with Gasteiger partial charge in [0, 0.05) is 31.7 Å². The molecule has 1 aliphatic rings. The Labute approximate surface area is 129 Å². The predicted octanol–water partition coefficient (Wildman–Crippen LogP) is 3.30. The lowest BCUT2D eigenvalue weighted by Crippen LogP contribution is -2.42. The number of para-hydroxylation sites is 1. The Bertz CT molecular complexity index is 435. The van der Waals surface area contributed by atoms with Crippen LogP contribution in [0, 0.1) is 5.41 Å². The molecular formula is C18H30N2O. The highest BCUT2D eigenvalue weighted by Crippen LogP contribution is 2.28. The van der Waals surface area contributed by atoms with Gasteiger partial charge in [0.05, 0.1) is 0 Å². The average molecular weight is 290 g/mol. The molecule has 0 radical (unpaired) electrons. The first-order valence-electron chi connectivity index (χ1n) is 8.30. The number of benzene rings is 1. The third-order valence-electron chi connectivity index (χ3n) is 4.29. The zero-order valence-corrected chi connectivity index (χ0v) is 13.8. The van der Waals surface area contributed by atoms with E-state index in [9.17, 15) is 0 Å². The second kappa shape index (κ2) is 7.81. The van der Waals surface area contributed by atoms with Crippen molar-refractivity contribution in [3.63, 3.8) is 0 Å². The number of rotatable bonds is 7. The number of hydrogen-bond acceptors (Lipinski definition) is 3. The minimum absolute atomic E-state index is 0.337. The lowest BCUT2D eigenvalue weighted by atomic mass is 9.84. The Balaban J connectivity index is 2.03. The fourth-order valence-corrected chi connectivity index (χ4v) is 3.31. The Hall–Kier alpha value is -1.06. The van der Waals surface area contributed by atoms with E-state index in [1.165, 1.54) is 18.4 Å². The summed E-state index contributed by atoms with van der Waals surface area (Å²) >= 11 is 0. The Morgan fingerprint density at radius 1 is 1.29 bits per heavy atom. The van der Waals surface area contributed by atoms with E-state index in [4.69, 9.17) is 4.74 Å². The maximum atomic E-state index is 5.88. The van der Waals surface area contributed by atoms with Crippen molar-refractivity contribution < 1.29 is 4.74 Å². The molecule has 1 unspecified atom stereocenters. The number of fused-ring (bicyclic) bond motifs is 1. The molecule has 2 rings (SSSR count). The molecular weight excluding hydrogens is 260 g/mol. The standard InChI is InChI=1S/C18H30N2O/c1-4-10-18(3,14-19-5-2)15-20-11-12-21-17-9-7-6-8-16(17)13-20/h6-9,19H,4-5,10-15H2,1-3H3. The second-order valence-corrected chi connectivity index (χ2v) is 6.51. The van der Waals surface area contributed by atoms with E-state index in [0.29, 0.717) is 5.41 Å². The third-order valence-corrected chi connectivity index (χ3v) is 4.29. The van der Waals surface area contributed by atoms with Crippen molar-refractivity contribution in [1.29, 1.82) is 0 Å². The summed E-state index contributed by atoms with van der Waals surface area (Å²) in [6, 6.07) is 8.44. The number of nitrogens with one attached hydrogen (secondary N) is 1. The Morgan fingerprint density at radius 3 is 2.86 bits per heavy atom. The highest BCUT2D eigenvalue weighted by atomic mass is 16.5. The smallest absolute Gasteiger partial charge is 0.123 e. The third kappa shape index (κ3) is 4.72. The van der Waals surface area contributed by atoms with Crippen LogP contribution in [0.25, 0.3) is 0 Å². The summed E-state index contributed by atoms with van der Waals surface area (Å²) in [5, 5.41) is 3.54. The maximum Gasteiger partial charge on any atom is 0.123 e. The van der Waals surface area contributed by atoms with Gasteiger partial charge in [-0.15, -0.1) is 0 Å². The zero-order valence-electron chi connectivity index (χ0n) is 13.8. The molecule has 0 amide bonds. The quantitative estimate of drug-likeness (QED) is 0.834. The van der Waals surface area contributed by atoms with Crippen molar-refractivity contribution in [1.82, 2.24) is 10.2 Å². The molecule has 118 valence electrons. The van der Waals surface area contributed by atoms with E-state index in [2.05, 4.69) is 55.3 Å².